The van der Waals surface area contributed by atoms with E-state index in [1.165, 1.54) is 4.31 Å². The van der Waals surface area contributed by atoms with Gasteiger partial charge >= 0.3 is 0 Å². The van der Waals surface area contributed by atoms with E-state index in [9.17, 15) is 13.5 Å². The molecule has 1 aliphatic heterocycles. The highest BCUT2D eigenvalue weighted by Crippen LogP contribution is 2.21. The van der Waals surface area contributed by atoms with Crippen LogP contribution >= 0.6 is 0 Å². The van der Waals surface area contributed by atoms with E-state index in [0.29, 0.717) is 25.2 Å². The minimum atomic E-state index is -3.58. The van der Waals surface area contributed by atoms with Gasteiger partial charge in [0, 0.05) is 37.7 Å². The van der Waals surface area contributed by atoms with Crippen LogP contribution in [0.5, 0.6) is 0 Å². The van der Waals surface area contributed by atoms with E-state index in [2.05, 4.69) is 10.3 Å². The average molecular weight is 376 g/mol. The minimum absolute atomic E-state index is 0.126. The summed E-state index contributed by atoms with van der Waals surface area (Å²) in [5.41, 5.74) is 1.38. The Bertz CT molecular complexity index is 802. The predicted molar refractivity (Wildman–Crippen MR) is 101 cm³/mol. The zero-order valence-corrected chi connectivity index (χ0v) is 15.5. The molecule has 26 heavy (non-hydrogen) atoms. The fourth-order valence-electron chi connectivity index (χ4n) is 3.12. The van der Waals surface area contributed by atoms with Crippen molar-refractivity contribution in [2.24, 2.45) is 0 Å². The SMILES string of the molecule is CN1CCN(S(=O)(=O)Cc2cccnc2)C(C(O)Nc2ccccc2)C1. The Kier molecular flexibility index (Phi) is 5.87. The number of rotatable bonds is 6. The number of pyridine rings is 1. The van der Waals surface area contributed by atoms with Crippen LogP contribution in [0.25, 0.3) is 0 Å². The van der Waals surface area contributed by atoms with E-state index in [1.807, 2.05) is 42.3 Å². The summed E-state index contributed by atoms with van der Waals surface area (Å²) in [5.74, 6) is -0.126. The highest BCUT2D eigenvalue weighted by atomic mass is 32.2. The standard InChI is InChI=1S/C18H24N4O3S/c1-21-10-11-22(26(24,25)14-15-6-5-9-19-12-15)17(13-21)18(23)20-16-7-3-2-4-8-16/h2-9,12,17-18,20,23H,10-11,13-14H2,1H3. The second kappa shape index (κ2) is 8.13. The number of aliphatic hydroxyl groups is 1. The molecule has 2 aromatic rings. The van der Waals surface area contributed by atoms with Crippen molar-refractivity contribution in [2.75, 3.05) is 32.0 Å². The maximum Gasteiger partial charge on any atom is 0.218 e. The van der Waals surface area contributed by atoms with Gasteiger partial charge in [-0.05, 0) is 30.8 Å². The Labute approximate surface area is 154 Å². The number of sulfonamides is 1. The van der Waals surface area contributed by atoms with Crippen LogP contribution in [0.2, 0.25) is 0 Å². The number of benzene rings is 1. The first kappa shape index (κ1) is 18.8. The monoisotopic (exact) mass is 376 g/mol. The molecule has 1 aromatic heterocycles. The van der Waals surface area contributed by atoms with Crippen LogP contribution in [0.15, 0.2) is 54.9 Å². The van der Waals surface area contributed by atoms with Gasteiger partial charge in [0.15, 0.2) is 0 Å². The molecule has 0 saturated carbocycles. The lowest BCUT2D eigenvalue weighted by Gasteiger charge is -2.41. The van der Waals surface area contributed by atoms with Crippen molar-refractivity contribution in [3.8, 4) is 0 Å². The Morgan fingerprint density at radius 2 is 2.00 bits per heavy atom. The van der Waals surface area contributed by atoms with E-state index in [0.717, 1.165) is 5.69 Å². The second-order valence-electron chi connectivity index (χ2n) is 6.51. The molecule has 8 heteroatoms. The number of nitrogens with zero attached hydrogens (tertiary/aromatic N) is 3. The smallest absolute Gasteiger partial charge is 0.218 e. The molecule has 0 aliphatic carbocycles. The van der Waals surface area contributed by atoms with E-state index >= 15 is 0 Å². The molecule has 2 N–H and O–H groups in total. The number of hydrogen-bond acceptors (Lipinski definition) is 6. The molecule has 1 fully saturated rings. The van der Waals surface area contributed by atoms with Gasteiger partial charge in [0.1, 0.15) is 6.23 Å². The Balaban J connectivity index is 1.79. The summed E-state index contributed by atoms with van der Waals surface area (Å²) in [6.45, 7) is 1.42. The minimum Gasteiger partial charge on any atom is -0.372 e. The highest BCUT2D eigenvalue weighted by Gasteiger charge is 2.38. The second-order valence-corrected chi connectivity index (χ2v) is 8.43. The molecular weight excluding hydrogens is 352 g/mol. The lowest BCUT2D eigenvalue weighted by atomic mass is 10.2. The van der Waals surface area contributed by atoms with Crippen molar-refractivity contribution in [1.82, 2.24) is 14.2 Å². The van der Waals surface area contributed by atoms with Gasteiger partial charge in [0.2, 0.25) is 10.0 Å². The van der Waals surface area contributed by atoms with Crippen LogP contribution in [0, 0.1) is 0 Å². The third kappa shape index (κ3) is 4.59. The summed E-state index contributed by atoms with van der Waals surface area (Å²) in [5, 5.41) is 13.7. The molecule has 0 radical (unpaired) electrons. The maximum absolute atomic E-state index is 13.0. The molecule has 0 amide bonds. The first-order valence-electron chi connectivity index (χ1n) is 8.52. The molecule has 0 spiro atoms. The van der Waals surface area contributed by atoms with E-state index < -0.39 is 22.3 Å². The summed E-state index contributed by atoms with van der Waals surface area (Å²) < 4.78 is 27.4. The third-order valence-electron chi connectivity index (χ3n) is 4.45. The number of piperazine rings is 1. The molecule has 1 aromatic carbocycles. The van der Waals surface area contributed by atoms with Crippen molar-refractivity contribution in [1.29, 1.82) is 0 Å². The van der Waals surface area contributed by atoms with Gasteiger partial charge < -0.3 is 15.3 Å². The van der Waals surface area contributed by atoms with Crippen LogP contribution in [0.1, 0.15) is 5.56 Å². The molecule has 1 aliphatic rings. The Morgan fingerprint density at radius 1 is 1.23 bits per heavy atom. The van der Waals surface area contributed by atoms with Gasteiger partial charge in [-0.15, -0.1) is 0 Å². The topological polar surface area (TPSA) is 85.8 Å². The molecular formula is C18H24N4O3S. The number of aromatic nitrogens is 1. The number of anilines is 1. The normalized spacial score (nSPS) is 20.6. The van der Waals surface area contributed by atoms with E-state index in [-0.39, 0.29) is 5.75 Å². The van der Waals surface area contributed by atoms with E-state index in [4.69, 9.17) is 0 Å². The van der Waals surface area contributed by atoms with Gasteiger partial charge in [0.05, 0.1) is 11.8 Å². The maximum atomic E-state index is 13.0. The molecule has 140 valence electrons. The largest absolute Gasteiger partial charge is 0.372 e. The van der Waals surface area contributed by atoms with Gasteiger partial charge in [-0.1, -0.05) is 24.3 Å². The van der Waals surface area contributed by atoms with Gasteiger partial charge in [-0.3, -0.25) is 4.98 Å². The van der Waals surface area contributed by atoms with Crippen molar-refractivity contribution in [3.63, 3.8) is 0 Å². The van der Waals surface area contributed by atoms with Crippen molar-refractivity contribution in [3.05, 3.63) is 60.4 Å². The summed E-state index contributed by atoms with van der Waals surface area (Å²) in [6.07, 6.45) is 2.16. The van der Waals surface area contributed by atoms with Crippen molar-refractivity contribution >= 4 is 15.7 Å². The van der Waals surface area contributed by atoms with Crippen molar-refractivity contribution in [2.45, 2.75) is 18.0 Å². The number of aliphatic hydroxyl groups excluding tert-OH is 1. The van der Waals surface area contributed by atoms with Gasteiger partial charge in [0.25, 0.3) is 0 Å². The van der Waals surface area contributed by atoms with E-state index in [1.54, 1.807) is 24.5 Å². The quantitative estimate of drug-likeness (QED) is 0.731. The lowest BCUT2D eigenvalue weighted by molar-refractivity contribution is 0.0585. The number of para-hydroxylation sites is 1. The zero-order chi connectivity index (χ0) is 18.6. The molecule has 2 atom stereocenters. The zero-order valence-electron chi connectivity index (χ0n) is 14.7. The van der Waals surface area contributed by atoms with Gasteiger partial charge in [-0.25, -0.2) is 8.42 Å². The molecule has 2 unspecified atom stereocenters. The molecule has 1 saturated heterocycles. The molecule has 2 heterocycles. The van der Waals surface area contributed by atoms with Crippen LogP contribution in [-0.2, 0) is 15.8 Å². The van der Waals surface area contributed by atoms with Crippen LogP contribution < -0.4 is 5.32 Å². The first-order valence-corrected chi connectivity index (χ1v) is 10.1. The number of nitrogens with one attached hydrogen (secondary N) is 1. The first-order chi connectivity index (χ1) is 12.5. The van der Waals surface area contributed by atoms with Crippen LogP contribution in [-0.4, -0.2) is 66.7 Å². The molecule has 7 nitrogen and oxygen atoms in total. The fourth-order valence-corrected chi connectivity index (χ4v) is 4.83. The Hall–Kier alpha value is -2.00. The summed E-state index contributed by atoms with van der Waals surface area (Å²) in [7, 11) is -1.66. The average Bonchev–Trinajstić information content (AvgIpc) is 2.62. The Morgan fingerprint density at radius 3 is 2.69 bits per heavy atom. The van der Waals surface area contributed by atoms with Crippen molar-refractivity contribution < 1.29 is 13.5 Å². The fraction of sp³-hybridized carbons (Fsp3) is 0.389. The summed E-state index contributed by atoms with van der Waals surface area (Å²) in [4.78, 5) is 6.01. The molecule has 0 bridgehead atoms. The number of hydrogen-bond donors (Lipinski definition) is 2. The summed E-state index contributed by atoms with van der Waals surface area (Å²) >= 11 is 0. The predicted octanol–water partition coefficient (Wildman–Crippen LogP) is 0.958. The van der Waals surface area contributed by atoms with Gasteiger partial charge in [-0.2, -0.15) is 4.31 Å². The van der Waals surface area contributed by atoms with Crippen LogP contribution in [0.3, 0.4) is 0 Å². The highest BCUT2D eigenvalue weighted by molar-refractivity contribution is 7.88. The number of likely N-dealkylation sites (N-methyl/N-ethyl adjacent to an activating group) is 1. The van der Waals surface area contributed by atoms with Crippen LogP contribution in [0.4, 0.5) is 5.69 Å². The third-order valence-corrected chi connectivity index (χ3v) is 6.32. The molecule has 3 rings (SSSR count). The summed E-state index contributed by atoms with van der Waals surface area (Å²) in [6, 6.07) is 12.2. The lowest BCUT2D eigenvalue weighted by Crippen LogP contribution is -2.60.